The molecule has 0 aliphatic heterocycles. The van der Waals surface area contributed by atoms with E-state index in [1.54, 1.807) is 18.1 Å². The highest BCUT2D eigenvalue weighted by molar-refractivity contribution is 5.75. The molecule has 0 bridgehead atoms. The number of nitrogens with two attached hydrogens (primary N) is 1. The van der Waals surface area contributed by atoms with Crippen molar-refractivity contribution in [1.82, 2.24) is 4.90 Å². The Kier molecular flexibility index (Phi) is 3.51. The molecule has 0 rings (SSSR count). The average molecular weight is 128 g/mol. The van der Waals surface area contributed by atoms with Crippen molar-refractivity contribution in [3.63, 3.8) is 0 Å². The predicted molar refractivity (Wildman–Crippen MR) is 36.6 cm³/mol. The molecule has 3 nitrogen and oxygen atoms in total. The van der Waals surface area contributed by atoms with Crippen molar-refractivity contribution < 1.29 is 4.79 Å². The van der Waals surface area contributed by atoms with Crippen LogP contribution in [0.5, 0.6) is 0 Å². The van der Waals surface area contributed by atoms with E-state index >= 15 is 0 Å². The number of carbonyl (C=O) groups excluding carboxylic acids is 1. The van der Waals surface area contributed by atoms with E-state index in [1.807, 2.05) is 13.0 Å². The molecule has 0 fully saturated rings. The predicted octanol–water partition coefficient (Wildman–Crippen LogP) is -0.0629. The first-order valence-corrected chi connectivity index (χ1v) is 2.78. The van der Waals surface area contributed by atoms with Gasteiger partial charge >= 0.3 is 0 Å². The topological polar surface area (TPSA) is 46.3 Å². The quantitative estimate of drug-likeness (QED) is 0.578. The molecule has 0 aromatic heterocycles. The van der Waals surface area contributed by atoms with E-state index in [9.17, 15) is 4.79 Å². The first-order valence-electron chi connectivity index (χ1n) is 2.78. The molecule has 1 amide bonds. The van der Waals surface area contributed by atoms with Crippen molar-refractivity contribution >= 4 is 5.91 Å². The lowest BCUT2D eigenvalue weighted by atomic mass is 10.5. The normalized spacial score (nSPS) is 10.0. The van der Waals surface area contributed by atoms with Crippen LogP contribution in [0.3, 0.4) is 0 Å². The van der Waals surface area contributed by atoms with Gasteiger partial charge in [-0.1, -0.05) is 6.08 Å². The second-order valence-electron chi connectivity index (χ2n) is 1.86. The monoisotopic (exact) mass is 128 g/mol. The van der Waals surface area contributed by atoms with E-state index in [0.29, 0.717) is 0 Å². The number of hydrogen-bond donors (Lipinski definition) is 1. The van der Waals surface area contributed by atoms with Gasteiger partial charge in [-0.15, -0.1) is 0 Å². The van der Waals surface area contributed by atoms with Crippen molar-refractivity contribution in [1.29, 1.82) is 0 Å². The van der Waals surface area contributed by atoms with Crippen LogP contribution < -0.4 is 5.73 Å². The third-order valence-corrected chi connectivity index (χ3v) is 0.809. The van der Waals surface area contributed by atoms with Crippen LogP contribution in [0.4, 0.5) is 0 Å². The molecule has 0 aromatic rings. The number of allylic oxidation sites excluding steroid dienone is 1. The SMILES string of the molecule is CC=CN(C)CC(N)=O. The minimum atomic E-state index is -0.310. The summed E-state index contributed by atoms with van der Waals surface area (Å²) in [7, 11) is 1.80. The van der Waals surface area contributed by atoms with Gasteiger partial charge in [-0.25, -0.2) is 0 Å². The summed E-state index contributed by atoms with van der Waals surface area (Å²) in [5.41, 5.74) is 4.91. The number of hydrogen-bond acceptors (Lipinski definition) is 2. The highest BCUT2D eigenvalue weighted by Gasteiger charge is 1.93. The van der Waals surface area contributed by atoms with Gasteiger partial charge in [0.15, 0.2) is 0 Å². The molecule has 0 heterocycles. The molecule has 0 aromatic carbocycles. The van der Waals surface area contributed by atoms with Crippen LogP contribution in [0.2, 0.25) is 0 Å². The molecule has 52 valence electrons. The smallest absolute Gasteiger partial charge is 0.236 e. The van der Waals surface area contributed by atoms with Crippen LogP contribution in [0.15, 0.2) is 12.3 Å². The summed E-state index contributed by atoms with van der Waals surface area (Å²) in [4.78, 5) is 12.0. The van der Waals surface area contributed by atoms with E-state index in [1.165, 1.54) is 0 Å². The Morgan fingerprint density at radius 3 is 2.67 bits per heavy atom. The van der Waals surface area contributed by atoms with E-state index in [4.69, 9.17) is 5.73 Å². The third-order valence-electron chi connectivity index (χ3n) is 0.809. The number of likely N-dealkylation sites (N-methyl/N-ethyl adjacent to an activating group) is 1. The first kappa shape index (κ1) is 8.01. The molecule has 0 spiro atoms. The fourth-order valence-corrected chi connectivity index (χ4v) is 0.553. The molecule has 2 N–H and O–H groups in total. The zero-order valence-electron chi connectivity index (χ0n) is 5.79. The van der Waals surface area contributed by atoms with Crippen LogP contribution in [0.1, 0.15) is 6.92 Å². The van der Waals surface area contributed by atoms with Gasteiger partial charge in [0.1, 0.15) is 0 Å². The van der Waals surface area contributed by atoms with Gasteiger partial charge in [0, 0.05) is 7.05 Å². The highest BCUT2D eigenvalue weighted by atomic mass is 16.1. The van der Waals surface area contributed by atoms with Gasteiger partial charge in [-0.2, -0.15) is 0 Å². The lowest BCUT2D eigenvalue weighted by molar-refractivity contribution is -0.118. The summed E-state index contributed by atoms with van der Waals surface area (Å²) >= 11 is 0. The van der Waals surface area contributed by atoms with Crippen molar-refractivity contribution in [3.05, 3.63) is 12.3 Å². The van der Waals surface area contributed by atoms with Crippen LogP contribution in [0.25, 0.3) is 0 Å². The Bertz CT molecular complexity index is 120. The van der Waals surface area contributed by atoms with Gasteiger partial charge in [0.05, 0.1) is 6.54 Å². The number of carbonyl (C=O) groups is 1. The minimum Gasteiger partial charge on any atom is -0.371 e. The molecule has 0 aliphatic rings. The van der Waals surface area contributed by atoms with Crippen LogP contribution >= 0.6 is 0 Å². The number of amides is 1. The minimum absolute atomic E-state index is 0.282. The largest absolute Gasteiger partial charge is 0.371 e. The average Bonchev–Trinajstić information content (AvgIpc) is 1.63. The molecule has 0 saturated heterocycles. The Labute approximate surface area is 55.1 Å². The summed E-state index contributed by atoms with van der Waals surface area (Å²) in [5, 5.41) is 0. The van der Waals surface area contributed by atoms with Crippen LogP contribution in [-0.2, 0) is 4.79 Å². The van der Waals surface area contributed by atoms with E-state index < -0.39 is 0 Å². The first-order chi connectivity index (χ1) is 4.16. The fourth-order valence-electron chi connectivity index (χ4n) is 0.553. The number of rotatable bonds is 3. The summed E-state index contributed by atoms with van der Waals surface area (Å²) in [6, 6.07) is 0. The summed E-state index contributed by atoms with van der Waals surface area (Å²) in [6.07, 6.45) is 3.65. The van der Waals surface area contributed by atoms with E-state index in [0.717, 1.165) is 0 Å². The maximum atomic E-state index is 10.2. The Morgan fingerprint density at radius 2 is 2.33 bits per heavy atom. The second-order valence-corrected chi connectivity index (χ2v) is 1.86. The van der Waals surface area contributed by atoms with Gasteiger partial charge in [-0.05, 0) is 13.1 Å². The summed E-state index contributed by atoms with van der Waals surface area (Å²) < 4.78 is 0. The maximum absolute atomic E-state index is 10.2. The Hall–Kier alpha value is -0.990. The molecular weight excluding hydrogens is 116 g/mol. The maximum Gasteiger partial charge on any atom is 0.236 e. The van der Waals surface area contributed by atoms with Crippen molar-refractivity contribution in [2.75, 3.05) is 13.6 Å². The molecule has 0 saturated carbocycles. The van der Waals surface area contributed by atoms with Crippen molar-refractivity contribution in [2.24, 2.45) is 5.73 Å². The molecule has 0 aliphatic carbocycles. The van der Waals surface area contributed by atoms with Crippen LogP contribution in [-0.4, -0.2) is 24.4 Å². The molecule has 0 unspecified atom stereocenters. The fraction of sp³-hybridized carbons (Fsp3) is 0.500. The van der Waals surface area contributed by atoms with E-state index in [-0.39, 0.29) is 12.5 Å². The van der Waals surface area contributed by atoms with Gasteiger partial charge in [0.25, 0.3) is 0 Å². The Morgan fingerprint density at radius 1 is 1.78 bits per heavy atom. The van der Waals surface area contributed by atoms with Crippen molar-refractivity contribution in [3.8, 4) is 0 Å². The second kappa shape index (κ2) is 3.95. The van der Waals surface area contributed by atoms with Gasteiger partial charge < -0.3 is 10.6 Å². The number of primary amides is 1. The highest BCUT2D eigenvalue weighted by Crippen LogP contribution is 1.80. The standard InChI is InChI=1S/C6H12N2O/c1-3-4-8(2)5-6(7)9/h3-4H,5H2,1-2H3,(H2,7,9). The molecule has 0 atom stereocenters. The molecular formula is C6H12N2O. The van der Waals surface area contributed by atoms with Gasteiger partial charge in [-0.3, -0.25) is 4.79 Å². The zero-order valence-corrected chi connectivity index (χ0v) is 5.79. The van der Waals surface area contributed by atoms with Crippen LogP contribution in [0, 0.1) is 0 Å². The number of nitrogens with zero attached hydrogens (tertiary/aromatic N) is 1. The van der Waals surface area contributed by atoms with Crippen molar-refractivity contribution in [2.45, 2.75) is 6.92 Å². The lowest BCUT2D eigenvalue weighted by Crippen LogP contribution is -2.26. The zero-order chi connectivity index (χ0) is 7.28. The van der Waals surface area contributed by atoms with E-state index in [2.05, 4.69) is 0 Å². The van der Waals surface area contributed by atoms with Gasteiger partial charge in [0.2, 0.25) is 5.91 Å². The summed E-state index contributed by atoms with van der Waals surface area (Å²) in [6.45, 7) is 2.17. The molecule has 0 radical (unpaired) electrons. The Balaban J connectivity index is 3.50. The summed E-state index contributed by atoms with van der Waals surface area (Å²) in [5.74, 6) is -0.310. The lowest BCUT2D eigenvalue weighted by Gasteiger charge is -2.09. The molecule has 3 heteroatoms. The third kappa shape index (κ3) is 4.87. The molecule has 9 heavy (non-hydrogen) atoms.